The van der Waals surface area contributed by atoms with E-state index in [1.54, 1.807) is 0 Å². The smallest absolute Gasteiger partial charge is 0.321 e. The van der Waals surface area contributed by atoms with Crippen LogP contribution in [0.5, 0.6) is 0 Å². The predicted octanol–water partition coefficient (Wildman–Crippen LogP) is 3.14. The number of nitrogens with zero attached hydrogens (tertiary/aromatic N) is 2. The van der Waals surface area contributed by atoms with Crippen LogP contribution >= 0.6 is 23.1 Å². The van der Waals surface area contributed by atoms with Crippen LogP contribution in [0.15, 0.2) is 34.7 Å². The molecule has 1 aliphatic carbocycles. The fraction of sp³-hybridized carbons (Fsp3) is 0.375. The lowest BCUT2D eigenvalue weighted by atomic mass is 10.2. The molecule has 0 saturated heterocycles. The van der Waals surface area contributed by atoms with E-state index in [-0.39, 0.29) is 17.7 Å². The topological polar surface area (TPSA) is 96.0 Å². The van der Waals surface area contributed by atoms with Crippen molar-refractivity contribution >= 4 is 45.9 Å². The minimum absolute atomic E-state index is 0.123. The van der Waals surface area contributed by atoms with E-state index >= 15 is 0 Å². The molecule has 2 aromatic rings. The maximum absolute atomic E-state index is 11.8. The molecule has 1 saturated carbocycles. The number of thioether (sulfide) groups is 1. The molecule has 0 spiro atoms. The molecule has 1 heterocycles. The Morgan fingerprint density at radius 1 is 1.16 bits per heavy atom. The first-order valence-corrected chi connectivity index (χ1v) is 9.88. The third-order valence-electron chi connectivity index (χ3n) is 3.70. The van der Waals surface area contributed by atoms with Crippen molar-refractivity contribution in [3.05, 3.63) is 30.3 Å². The van der Waals surface area contributed by atoms with Crippen molar-refractivity contribution in [1.29, 1.82) is 0 Å². The number of amides is 3. The summed E-state index contributed by atoms with van der Waals surface area (Å²) in [4.78, 5) is 23.6. The molecule has 132 valence electrons. The van der Waals surface area contributed by atoms with Crippen LogP contribution in [0.25, 0.3) is 0 Å². The van der Waals surface area contributed by atoms with Crippen LogP contribution in [0.3, 0.4) is 0 Å². The van der Waals surface area contributed by atoms with Gasteiger partial charge in [-0.1, -0.05) is 54.1 Å². The highest BCUT2D eigenvalue weighted by Gasteiger charge is 2.18. The molecule has 1 aromatic carbocycles. The van der Waals surface area contributed by atoms with E-state index in [2.05, 4.69) is 26.1 Å². The summed E-state index contributed by atoms with van der Waals surface area (Å²) < 4.78 is 0.671. The number of nitrogens with one attached hydrogen (secondary N) is 3. The number of carbonyl (C=O) groups is 2. The maximum atomic E-state index is 11.8. The van der Waals surface area contributed by atoms with E-state index in [0.29, 0.717) is 9.47 Å². The van der Waals surface area contributed by atoms with Crippen LogP contribution in [0.1, 0.15) is 25.7 Å². The molecule has 3 N–H and O–H groups in total. The van der Waals surface area contributed by atoms with Crippen LogP contribution in [0.4, 0.5) is 15.6 Å². The first kappa shape index (κ1) is 17.7. The summed E-state index contributed by atoms with van der Waals surface area (Å²) >= 11 is 2.62. The van der Waals surface area contributed by atoms with Gasteiger partial charge in [0.1, 0.15) is 0 Å². The molecule has 0 radical (unpaired) electrons. The van der Waals surface area contributed by atoms with Crippen molar-refractivity contribution in [1.82, 2.24) is 20.8 Å². The lowest BCUT2D eigenvalue weighted by molar-refractivity contribution is -0.117. The van der Waals surface area contributed by atoms with Crippen molar-refractivity contribution < 1.29 is 9.59 Å². The average molecular weight is 377 g/mol. The van der Waals surface area contributed by atoms with E-state index in [0.717, 1.165) is 31.4 Å². The van der Waals surface area contributed by atoms with Gasteiger partial charge in [0.2, 0.25) is 11.0 Å². The van der Waals surface area contributed by atoms with Crippen LogP contribution < -0.4 is 16.0 Å². The normalized spacial score (nSPS) is 14.2. The summed E-state index contributed by atoms with van der Waals surface area (Å²) in [5.41, 5.74) is 0.927. The number of anilines is 2. The third-order valence-corrected chi connectivity index (χ3v) is 5.67. The maximum Gasteiger partial charge on any atom is 0.321 e. The second-order valence-electron chi connectivity index (χ2n) is 5.66. The Balaban J connectivity index is 1.40. The fourth-order valence-electron chi connectivity index (χ4n) is 2.55. The van der Waals surface area contributed by atoms with Gasteiger partial charge in [-0.3, -0.25) is 10.1 Å². The number of hydrogen-bond donors (Lipinski definition) is 3. The van der Waals surface area contributed by atoms with Gasteiger partial charge in [-0.05, 0) is 25.0 Å². The molecule has 1 fully saturated rings. The molecule has 9 heteroatoms. The largest absolute Gasteiger partial charge is 0.335 e. The summed E-state index contributed by atoms with van der Waals surface area (Å²) in [6.07, 6.45) is 4.23. The monoisotopic (exact) mass is 377 g/mol. The Hall–Kier alpha value is -2.13. The standard InChI is InChI=1S/C16H19N5O2S2/c22-13(19-14(23)17-11-8-4-5-9-11)10-24-16-21-20-15(25-16)18-12-6-2-1-3-7-12/h1-3,6-7,11H,4-5,8-10H2,(H,18,20)(H2,17,19,22,23). The van der Waals surface area contributed by atoms with E-state index < -0.39 is 6.03 Å². The van der Waals surface area contributed by atoms with Gasteiger partial charge in [0, 0.05) is 11.7 Å². The zero-order chi connectivity index (χ0) is 17.5. The SMILES string of the molecule is O=C(CSc1nnc(Nc2ccccc2)s1)NC(=O)NC1CCCC1. The van der Waals surface area contributed by atoms with E-state index in [1.807, 2.05) is 30.3 Å². The average Bonchev–Trinajstić information content (AvgIpc) is 3.26. The van der Waals surface area contributed by atoms with Gasteiger partial charge in [0.05, 0.1) is 5.75 Å². The number of rotatable bonds is 6. The molecule has 25 heavy (non-hydrogen) atoms. The Morgan fingerprint density at radius 3 is 2.68 bits per heavy atom. The number of imide groups is 1. The molecule has 3 rings (SSSR count). The molecule has 7 nitrogen and oxygen atoms in total. The van der Waals surface area contributed by atoms with Crippen molar-refractivity contribution in [3.8, 4) is 0 Å². The molecular weight excluding hydrogens is 358 g/mol. The van der Waals surface area contributed by atoms with Gasteiger partial charge in [0.15, 0.2) is 4.34 Å². The van der Waals surface area contributed by atoms with Crippen molar-refractivity contribution in [3.63, 3.8) is 0 Å². The zero-order valence-corrected chi connectivity index (χ0v) is 15.2. The lowest BCUT2D eigenvalue weighted by Crippen LogP contribution is -2.44. The van der Waals surface area contributed by atoms with Gasteiger partial charge in [-0.25, -0.2) is 4.79 Å². The molecular formula is C16H19N5O2S2. The van der Waals surface area contributed by atoms with Crippen LogP contribution in [-0.4, -0.2) is 33.9 Å². The summed E-state index contributed by atoms with van der Waals surface area (Å²) in [5, 5.41) is 17.1. The Bertz CT molecular complexity index is 716. The van der Waals surface area contributed by atoms with Gasteiger partial charge >= 0.3 is 6.03 Å². The summed E-state index contributed by atoms with van der Waals surface area (Å²) in [6, 6.07) is 9.44. The second kappa shape index (κ2) is 8.82. The summed E-state index contributed by atoms with van der Waals surface area (Å²) in [6.45, 7) is 0. The molecule has 0 unspecified atom stereocenters. The van der Waals surface area contributed by atoms with Crippen molar-refractivity contribution in [2.24, 2.45) is 0 Å². The molecule has 0 atom stereocenters. The highest BCUT2D eigenvalue weighted by Crippen LogP contribution is 2.27. The van der Waals surface area contributed by atoms with E-state index in [9.17, 15) is 9.59 Å². The number of para-hydroxylation sites is 1. The molecule has 1 aromatic heterocycles. The third kappa shape index (κ3) is 5.71. The van der Waals surface area contributed by atoms with Gasteiger partial charge in [0.25, 0.3) is 0 Å². The predicted molar refractivity (Wildman–Crippen MR) is 99.3 cm³/mol. The lowest BCUT2D eigenvalue weighted by Gasteiger charge is -2.11. The number of benzene rings is 1. The quantitative estimate of drug-likeness (QED) is 0.669. The first-order valence-electron chi connectivity index (χ1n) is 8.08. The summed E-state index contributed by atoms with van der Waals surface area (Å²) in [5.74, 6) is -0.216. The van der Waals surface area contributed by atoms with E-state index in [4.69, 9.17) is 0 Å². The minimum atomic E-state index is -0.416. The van der Waals surface area contributed by atoms with Crippen LogP contribution in [-0.2, 0) is 4.79 Å². The highest BCUT2D eigenvalue weighted by molar-refractivity contribution is 8.01. The number of aromatic nitrogens is 2. The Morgan fingerprint density at radius 2 is 1.92 bits per heavy atom. The van der Waals surface area contributed by atoms with Crippen LogP contribution in [0.2, 0.25) is 0 Å². The highest BCUT2D eigenvalue weighted by atomic mass is 32.2. The van der Waals surface area contributed by atoms with Crippen LogP contribution in [0, 0.1) is 0 Å². The van der Waals surface area contributed by atoms with Gasteiger partial charge in [-0.2, -0.15) is 0 Å². The molecule has 0 bridgehead atoms. The molecule has 3 amide bonds. The first-order chi connectivity index (χ1) is 12.2. The Kier molecular flexibility index (Phi) is 6.24. The minimum Gasteiger partial charge on any atom is -0.335 e. The number of urea groups is 1. The number of hydrogen-bond acceptors (Lipinski definition) is 7. The second-order valence-corrected chi connectivity index (χ2v) is 7.86. The van der Waals surface area contributed by atoms with Gasteiger partial charge in [-0.15, -0.1) is 10.2 Å². The van der Waals surface area contributed by atoms with Gasteiger partial charge < -0.3 is 10.6 Å². The van der Waals surface area contributed by atoms with E-state index in [1.165, 1.54) is 23.1 Å². The zero-order valence-electron chi connectivity index (χ0n) is 13.5. The Labute approximate surface area is 154 Å². The molecule has 1 aliphatic rings. The van der Waals surface area contributed by atoms with Crippen molar-refractivity contribution in [2.75, 3.05) is 11.1 Å². The summed E-state index contributed by atoms with van der Waals surface area (Å²) in [7, 11) is 0. The fourth-order valence-corrected chi connectivity index (χ4v) is 4.12. The number of carbonyl (C=O) groups excluding carboxylic acids is 2. The van der Waals surface area contributed by atoms with Crippen molar-refractivity contribution in [2.45, 2.75) is 36.1 Å². The molecule has 0 aliphatic heterocycles.